The summed E-state index contributed by atoms with van der Waals surface area (Å²) in [5, 5.41) is 14.4. The summed E-state index contributed by atoms with van der Waals surface area (Å²) in [4.78, 5) is 27.8. The number of carbonyl (C=O) groups excluding carboxylic acids is 1. The maximum absolute atomic E-state index is 12.1. The molecule has 1 unspecified atom stereocenters. The van der Waals surface area contributed by atoms with E-state index < -0.39 is 12.0 Å². The molecule has 0 bridgehead atoms. The normalized spacial score (nSPS) is 12.8. The Morgan fingerprint density at radius 3 is 2.75 bits per heavy atom. The summed E-state index contributed by atoms with van der Waals surface area (Å²) in [6.45, 7) is 6.13. The van der Waals surface area contributed by atoms with Crippen LogP contribution in [0.1, 0.15) is 39.3 Å². The van der Waals surface area contributed by atoms with Crippen LogP contribution in [0.25, 0.3) is 10.6 Å². The number of hydrogen-bond donors (Lipinski definition) is 2. The number of thiazole rings is 1. The molecule has 0 radical (unpaired) electrons. The lowest BCUT2D eigenvalue weighted by Crippen LogP contribution is -2.42. The summed E-state index contributed by atoms with van der Waals surface area (Å²) in [6, 6.07) is 0.930. The molecular formula is C17H22N2O4S. The fraction of sp³-hybridized carbons (Fsp3) is 0.471. The van der Waals surface area contributed by atoms with Crippen molar-refractivity contribution < 1.29 is 19.1 Å². The van der Waals surface area contributed by atoms with Gasteiger partial charge >= 0.3 is 5.97 Å². The molecule has 130 valence electrons. The van der Waals surface area contributed by atoms with Crippen LogP contribution in [-0.4, -0.2) is 28.0 Å². The topological polar surface area (TPSA) is 92.4 Å². The van der Waals surface area contributed by atoms with Crippen molar-refractivity contribution in [1.29, 1.82) is 0 Å². The van der Waals surface area contributed by atoms with Gasteiger partial charge in [-0.25, -0.2) is 9.78 Å². The van der Waals surface area contributed by atoms with E-state index in [1.54, 1.807) is 24.0 Å². The largest absolute Gasteiger partial charge is 0.480 e. The predicted octanol–water partition coefficient (Wildman–Crippen LogP) is 3.34. The summed E-state index contributed by atoms with van der Waals surface area (Å²) < 4.78 is 5.01. The number of furan rings is 1. The molecule has 2 aromatic heterocycles. The standard InChI is InChI=1S/C17H22N2O4S/c1-17(2,3)6-4-13(16(21)22)19-14(20)8-12-10-24-15(18-12)11-5-7-23-9-11/h5,7,9-10,13H,4,6,8H2,1-3H3,(H,19,20)(H,21,22). The molecule has 2 aromatic rings. The van der Waals surface area contributed by atoms with Crippen LogP contribution in [0.2, 0.25) is 0 Å². The third-order valence-electron chi connectivity index (χ3n) is 3.48. The third-order valence-corrected chi connectivity index (χ3v) is 4.42. The van der Waals surface area contributed by atoms with Crippen molar-refractivity contribution in [3.8, 4) is 10.6 Å². The highest BCUT2D eigenvalue weighted by Crippen LogP contribution is 2.24. The van der Waals surface area contributed by atoms with Gasteiger partial charge in [-0.15, -0.1) is 11.3 Å². The lowest BCUT2D eigenvalue weighted by molar-refractivity contribution is -0.142. The number of aliphatic carboxylic acids is 1. The number of nitrogens with zero attached hydrogens (tertiary/aromatic N) is 1. The number of amides is 1. The van der Waals surface area contributed by atoms with Gasteiger partial charge in [0.2, 0.25) is 5.91 Å². The highest BCUT2D eigenvalue weighted by atomic mass is 32.1. The van der Waals surface area contributed by atoms with Gasteiger partial charge in [0.25, 0.3) is 0 Å². The average Bonchev–Trinajstić information content (AvgIpc) is 3.12. The minimum absolute atomic E-state index is 0.0207. The first-order valence-electron chi connectivity index (χ1n) is 7.74. The fourth-order valence-corrected chi connectivity index (χ4v) is 2.96. The number of hydrogen-bond acceptors (Lipinski definition) is 5. The number of nitrogens with one attached hydrogen (secondary N) is 1. The number of carboxylic acids is 1. The summed E-state index contributed by atoms with van der Waals surface area (Å²) in [7, 11) is 0. The van der Waals surface area contributed by atoms with Crippen LogP contribution < -0.4 is 5.32 Å². The monoisotopic (exact) mass is 350 g/mol. The quantitative estimate of drug-likeness (QED) is 0.799. The zero-order chi connectivity index (χ0) is 17.7. The average molecular weight is 350 g/mol. The molecule has 6 nitrogen and oxygen atoms in total. The number of rotatable bonds is 7. The Balaban J connectivity index is 1.92. The Hall–Kier alpha value is -2.15. The van der Waals surface area contributed by atoms with Gasteiger partial charge < -0.3 is 14.8 Å². The molecule has 0 aromatic carbocycles. The van der Waals surface area contributed by atoms with Crippen molar-refractivity contribution in [3.63, 3.8) is 0 Å². The summed E-state index contributed by atoms with van der Waals surface area (Å²) in [5.41, 5.74) is 1.50. The second kappa shape index (κ2) is 7.61. The Kier molecular flexibility index (Phi) is 5.77. The molecule has 2 heterocycles. The summed E-state index contributed by atoms with van der Waals surface area (Å²) in [5.74, 6) is -1.34. The highest BCUT2D eigenvalue weighted by molar-refractivity contribution is 7.13. The first-order valence-corrected chi connectivity index (χ1v) is 8.62. The van der Waals surface area contributed by atoms with Crippen LogP contribution in [0, 0.1) is 5.41 Å². The lowest BCUT2D eigenvalue weighted by Gasteiger charge is -2.21. The second-order valence-corrected chi connectivity index (χ2v) is 7.75. The van der Waals surface area contributed by atoms with Crippen LogP contribution in [-0.2, 0) is 16.0 Å². The van der Waals surface area contributed by atoms with E-state index in [2.05, 4.69) is 10.3 Å². The van der Waals surface area contributed by atoms with Gasteiger partial charge in [0.05, 0.1) is 18.4 Å². The molecule has 2 N–H and O–H groups in total. The van der Waals surface area contributed by atoms with Gasteiger partial charge in [0.1, 0.15) is 17.3 Å². The van der Waals surface area contributed by atoms with Crippen molar-refractivity contribution in [2.24, 2.45) is 5.41 Å². The highest BCUT2D eigenvalue weighted by Gasteiger charge is 2.23. The molecule has 0 spiro atoms. The van der Waals surface area contributed by atoms with Crippen molar-refractivity contribution >= 4 is 23.2 Å². The smallest absolute Gasteiger partial charge is 0.326 e. The minimum atomic E-state index is -1.01. The zero-order valence-corrected chi connectivity index (χ0v) is 14.9. The minimum Gasteiger partial charge on any atom is -0.480 e. The number of carboxylic acid groups (broad SMARTS) is 1. The van der Waals surface area contributed by atoms with Crippen molar-refractivity contribution in [3.05, 3.63) is 29.7 Å². The first kappa shape index (κ1) is 18.2. The molecule has 2 rings (SSSR count). The Bertz CT molecular complexity index is 686. The van der Waals surface area contributed by atoms with E-state index in [-0.39, 0.29) is 17.7 Å². The number of aromatic nitrogens is 1. The van der Waals surface area contributed by atoms with E-state index in [0.717, 1.165) is 10.6 Å². The van der Waals surface area contributed by atoms with E-state index in [0.29, 0.717) is 18.5 Å². The third kappa shape index (κ3) is 5.49. The van der Waals surface area contributed by atoms with Gasteiger partial charge in [0, 0.05) is 10.9 Å². The lowest BCUT2D eigenvalue weighted by atomic mass is 9.88. The van der Waals surface area contributed by atoms with Gasteiger partial charge in [-0.05, 0) is 24.3 Å². The zero-order valence-electron chi connectivity index (χ0n) is 14.0. The van der Waals surface area contributed by atoms with E-state index >= 15 is 0 Å². The molecule has 0 aliphatic heterocycles. The molecule has 0 aliphatic rings. The van der Waals surface area contributed by atoms with E-state index in [1.165, 1.54) is 11.3 Å². The molecule has 1 atom stereocenters. The molecule has 7 heteroatoms. The molecule has 0 fully saturated rings. The van der Waals surface area contributed by atoms with Gasteiger partial charge in [-0.1, -0.05) is 20.8 Å². The van der Waals surface area contributed by atoms with Gasteiger partial charge in [0.15, 0.2) is 0 Å². The van der Waals surface area contributed by atoms with Gasteiger partial charge in [-0.2, -0.15) is 0 Å². The van der Waals surface area contributed by atoms with Gasteiger partial charge in [-0.3, -0.25) is 4.79 Å². The number of carbonyl (C=O) groups is 2. The molecule has 0 saturated carbocycles. The second-order valence-electron chi connectivity index (χ2n) is 6.89. The maximum Gasteiger partial charge on any atom is 0.326 e. The summed E-state index contributed by atoms with van der Waals surface area (Å²) in [6.07, 6.45) is 4.34. The SMILES string of the molecule is CC(C)(C)CCC(NC(=O)Cc1csc(-c2ccoc2)n1)C(=O)O. The molecule has 24 heavy (non-hydrogen) atoms. The molecule has 0 aliphatic carbocycles. The van der Waals surface area contributed by atoms with Crippen LogP contribution in [0.5, 0.6) is 0 Å². The van der Waals surface area contributed by atoms with Crippen LogP contribution >= 0.6 is 11.3 Å². The van der Waals surface area contributed by atoms with Crippen LogP contribution in [0.4, 0.5) is 0 Å². The van der Waals surface area contributed by atoms with Crippen LogP contribution in [0.15, 0.2) is 28.4 Å². The predicted molar refractivity (Wildman–Crippen MR) is 91.8 cm³/mol. The van der Waals surface area contributed by atoms with Crippen molar-refractivity contribution in [2.75, 3.05) is 0 Å². The van der Waals surface area contributed by atoms with E-state index in [1.807, 2.05) is 20.8 Å². The molecule has 1 amide bonds. The Morgan fingerprint density at radius 1 is 1.42 bits per heavy atom. The fourth-order valence-electron chi connectivity index (χ4n) is 2.15. The maximum atomic E-state index is 12.1. The van der Waals surface area contributed by atoms with Crippen molar-refractivity contribution in [1.82, 2.24) is 10.3 Å². The Labute approximate surface area is 144 Å². The molecular weight excluding hydrogens is 328 g/mol. The van der Waals surface area contributed by atoms with Crippen LogP contribution in [0.3, 0.4) is 0 Å². The Morgan fingerprint density at radius 2 is 2.17 bits per heavy atom. The van der Waals surface area contributed by atoms with E-state index in [4.69, 9.17) is 4.42 Å². The van der Waals surface area contributed by atoms with Crippen molar-refractivity contribution in [2.45, 2.75) is 46.1 Å². The van der Waals surface area contributed by atoms with E-state index in [9.17, 15) is 14.7 Å². The molecule has 0 saturated heterocycles. The first-order chi connectivity index (χ1) is 11.2. The summed E-state index contributed by atoms with van der Waals surface area (Å²) >= 11 is 1.42.